The van der Waals surface area contributed by atoms with Crippen LogP contribution in [0.4, 0.5) is 0 Å². The lowest BCUT2D eigenvalue weighted by molar-refractivity contribution is -0.132. The normalized spacial score (nSPS) is 29.4. The fourth-order valence-corrected chi connectivity index (χ4v) is 2.02. The van der Waals surface area contributed by atoms with Gasteiger partial charge in [-0.2, -0.15) is 0 Å². The van der Waals surface area contributed by atoms with E-state index in [1.54, 1.807) is 7.11 Å². The minimum absolute atomic E-state index is 0.0815. The summed E-state index contributed by atoms with van der Waals surface area (Å²) in [5.41, 5.74) is 0.0815. The predicted octanol–water partition coefficient (Wildman–Crippen LogP) is 1.72. The van der Waals surface area contributed by atoms with E-state index in [1.807, 2.05) is 6.92 Å². The third kappa shape index (κ3) is 2.08. The van der Waals surface area contributed by atoms with Gasteiger partial charge in [-0.1, -0.05) is 20.8 Å². The molecule has 1 saturated carbocycles. The molecular weight excluding hydrogens is 178 g/mol. The highest BCUT2D eigenvalue weighted by Crippen LogP contribution is 2.42. The Labute approximate surface area is 86.2 Å². The van der Waals surface area contributed by atoms with E-state index in [4.69, 9.17) is 4.74 Å². The van der Waals surface area contributed by atoms with E-state index in [9.17, 15) is 4.79 Å². The zero-order chi connectivity index (χ0) is 10.8. The monoisotopic (exact) mass is 199 g/mol. The lowest BCUT2D eigenvalue weighted by Gasteiger charge is -2.51. The van der Waals surface area contributed by atoms with E-state index in [1.165, 1.54) is 0 Å². The van der Waals surface area contributed by atoms with Crippen LogP contribution in [0, 0.1) is 5.41 Å². The highest BCUT2D eigenvalue weighted by molar-refractivity contribution is 5.76. The van der Waals surface area contributed by atoms with Crippen molar-refractivity contribution in [1.82, 2.24) is 5.32 Å². The zero-order valence-corrected chi connectivity index (χ0v) is 9.59. The standard InChI is InChI=1S/C11H21NO2/c1-5-6-10(13)12-8-7-9(14-4)11(8,2)3/h8-9H,5-7H2,1-4H3,(H,12,13). The van der Waals surface area contributed by atoms with Gasteiger partial charge in [-0.05, 0) is 12.8 Å². The van der Waals surface area contributed by atoms with Gasteiger partial charge in [0.2, 0.25) is 5.91 Å². The highest BCUT2D eigenvalue weighted by Gasteiger charge is 2.48. The molecule has 1 aliphatic carbocycles. The number of methoxy groups -OCH3 is 1. The van der Waals surface area contributed by atoms with E-state index in [0.717, 1.165) is 12.8 Å². The third-order valence-corrected chi connectivity index (χ3v) is 3.27. The fraction of sp³-hybridized carbons (Fsp3) is 0.909. The second-order valence-corrected chi connectivity index (χ2v) is 4.65. The predicted molar refractivity (Wildman–Crippen MR) is 56.0 cm³/mol. The quantitative estimate of drug-likeness (QED) is 0.748. The summed E-state index contributed by atoms with van der Waals surface area (Å²) in [4.78, 5) is 11.4. The molecule has 0 saturated heterocycles. The molecule has 1 amide bonds. The Morgan fingerprint density at radius 2 is 2.21 bits per heavy atom. The lowest BCUT2D eigenvalue weighted by Crippen LogP contribution is -2.61. The Morgan fingerprint density at radius 3 is 2.64 bits per heavy atom. The zero-order valence-electron chi connectivity index (χ0n) is 9.59. The molecule has 0 aliphatic heterocycles. The van der Waals surface area contributed by atoms with Gasteiger partial charge in [0.15, 0.2) is 0 Å². The molecule has 1 aliphatic rings. The minimum Gasteiger partial charge on any atom is -0.381 e. The molecular formula is C11H21NO2. The first-order valence-electron chi connectivity index (χ1n) is 5.34. The van der Waals surface area contributed by atoms with Crippen molar-refractivity contribution in [2.24, 2.45) is 5.41 Å². The van der Waals surface area contributed by atoms with Crippen LogP contribution in [0.2, 0.25) is 0 Å². The van der Waals surface area contributed by atoms with Crippen molar-refractivity contribution in [1.29, 1.82) is 0 Å². The summed E-state index contributed by atoms with van der Waals surface area (Å²) in [6.07, 6.45) is 2.77. The van der Waals surface area contributed by atoms with Crippen LogP contribution in [0.25, 0.3) is 0 Å². The van der Waals surface area contributed by atoms with Crippen molar-refractivity contribution in [3.05, 3.63) is 0 Å². The summed E-state index contributed by atoms with van der Waals surface area (Å²) in [5.74, 6) is 0.167. The van der Waals surface area contributed by atoms with E-state index < -0.39 is 0 Å². The van der Waals surface area contributed by atoms with Crippen molar-refractivity contribution in [3.8, 4) is 0 Å². The second-order valence-electron chi connectivity index (χ2n) is 4.65. The van der Waals surface area contributed by atoms with Crippen molar-refractivity contribution in [3.63, 3.8) is 0 Å². The van der Waals surface area contributed by atoms with Crippen LogP contribution in [0.3, 0.4) is 0 Å². The molecule has 1 N–H and O–H groups in total. The molecule has 1 fully saturated rings. The molecule has 0 bridgehead atoms. The second kappa shape index (κ2) is 4.30. The van der Waals surface area contributed by atoms with Crippen LogP contribution in [0.1, 0.15) is 40.0 Å². The highest BCUT2D eigenvalue weighted by atomic mass is 16.5. The maximum atomic E-state index is 11.4. The van der Waals surface area contributed by atoms with Gasteiger partial charge in [-0.3, -0.25) is 4.79 Å². The number of amides is 1. The number of nitrogens with one attached hydrogen (secondary N) is 1. The first-order valence-corrected chi connectivity index (χ1v) is 5.34. The van der Waals surface area contributed by atoms with Crippen LogP contribution in [-0.4, -0.2) is 25.2 Å². The van der Waals surface area contributed by atoms with Gasteiger partial charge >= 0.3 is 0 Å². The number of ether oxygens (including phenoxy) is 1. The van der Waals surface area contributed by atoms with Crippen molar-refractivity contribution < 1.29 is 9.53 Å². The van der Waals surface area contributed by atoms with Crippen molar-refractivity contribution in [2.45, 2.75) is 52.2 Å². The molecule has 1 rings (SSSR count). The van der Waals surface area contributed by atoms with Crippen LogP contribution < -0.4 is 5.32 Å². The molecule has 0 spiro atoms. The van der Waals surface area contributed by atoms with Gasteiger partial charge in [-0.25, -0.2) is 0 Å². The summed E-state index contributed by atoms with van der Waals surface area (Å²) in [7, 11) is 1.73. The molecule has 0 aromatic heterocycles. The largest absolute Gasteiger partial charge is 0.381 e. The molecule has 82 valence electrons. The Bertz CT molecular complexity index is 213. The minimum atomic E-state index is 0.0815. The van der Waals surface area contributed by atoms with E-state index in [2.05, 4.69) is 19.2 Å². The molecule has 0 radical (unpaired) electrons. The molecule has 0 heterocycles. The smallest absolute Gasteiger partial charge is 0.220 e. The number of hydrogen-bond donors (Lipinski definition) is 1. The first kappa shape index (κ1) is 11.5. The number of carbonyl (C=O) groups is 1. The van der Waals surface area contributed by atoms with E-state index >= 15 is 0 Å². The van der Waals surface area contributed by atoms with Gasteiger partial charge < -0.3 is 10.1 Å². The first-order chi connectivity index (χ1) is 6.52. The summed E-state index contributed by atoms with van der Waals surface area (Å²) in [6, 6.07) is 0.284. The Kier molecular flexibility index (Phi) is 3.53. The van der Waals surface area contributed by atoms with Crippen LogP contribution in [0.5, 0.6) is 0 Å². The topological polar surface area (TPSA) is 38.3 Å². The Morgan fingerprint density at radius 1 is 1.57 bits per heavy atom. The molecule has 3 heteroatoms. The number of carbonyl (C=O) groups excluding carboxylic acids is 1. The maximum Gasteiger partial charge on any atom is 0.220 e. The average Bonchev–Trinajstić information content (AvgIpc) is 2.12. The molecule has 2 unspecified atom stereocenters. The molecule has 2 atom stereocenters. The molecule has 3 nitrogen and oxygen atoms in total. The Hall–Kier alpha value is -0.570. The van der Waals surface area contributed by atoms with Gasteiger partial charge in [0, 0.05) is 25.0 Å². The van der Waals surface area contributed by atoms with Gasteiger partial charge in [0.05, 0.1) is 6.10 Å². The summed E-state index contributed by atoms with van der Waals surface area (Å²) < 4.78 is 5.32. The summed E-state index contributed by atoms with van der Waals surface area (Å²) in [6.45, 7) is 6.30. The van der Waals surface area contributed by atoms with Crippen molar-refractivity contribution in [2.75, 3.05) is 7.11 Å². The third-order valence-electron chi connectivity index (χ3n) is 3.27. The van der Waals surface area contributed by atoms with E-state index in [0.29, 0.717) is 6.42 Å². The SMILES string of the molecule is CCCC(=O)NC1CC(OC)C1(C)C. The Balaban J connectivity index is 2.39. The van der Waals surface area contributed by atoms with Crippen LogP contribution in [-0.2, 0) is 9.53 Å². The molecule has 14 heavy (non-hydrogen) atoms. The maximum absolute atomic E-state index is 11.4. The molecule has 0 aromatic carbocycles. The lowest BCUT2D eigenvalue weighted by atomic mass is 9.64. The van der Waals surface area contributed by atoms with Gasteiger partial charge in [0.25, 0.3) is 0 Å². The van der Waals surface area contributed by atoms with Gasteiger partial charge in [-0.15, -0.1) is 0 Å². The van der Waals surface area contributed by atoms with Crippen LogP contribution in [0.15, 0.2) is 0 Å². The van der Waals surface area contributed by atoms with E-state index in [-0.39, 0.29) is 23.5 Å². The van der Waals surface area contributed by atoms with Gasteiger partial charge in [0.1, 0.15) is 0 Å². The molecule has 0 aromatic rings. The fourth-order valence-electron chi connectivity index (χ4n) is 2.02. The summed E-state index contributed by atoms with van der Waals surface area (Å²) >= 11 is 0. The van der Waals surface area contributed by atoms with Crippen molar-refractivity contribution >= 4 is 5.91 Å². The number of rotatable bonds is 4. The van der Waals surface area contributed by atoms with Crippen LogP contribution >= 0.6 is 0 Å². The summed E-state index contributed by atoms with van der Waals surface area (Å²) in [5, 5.41) is 3.05. The average molecular weight is 199 g/mol. The number of hydrogen-bond acceptors (Lipinski definition) is 2.